The number of urea groups is 1. The number of aryl methyl sites for hydroxylation is 1. The monoisotopic (exact) mass is 370 g/mol. The largest absolute Gasteiger partial charge is 0.495 e. The van der Waals surface area contributed by atoms with Crippen LogP contribution in [-0.4, -0.2) is 27.6 Å². The molecule has 0 spiro atoms. The first kappa shape index (κ1) is 18.7. The van der Waals surface area contributed by atoms with Crippen molar-refractivity contribution < 1.29 is 26.7 Å². The first-order chi connectivity index (χ1) is 11.8. The van der Waals surface area contributed by atoms with E-state index in [9.17, 15) is 22.0 Å². The number of anilines is 2. The Labute approximate surface area is 143 Å². The van der Waals surface area contributed by atoms with Crippen LogP contribution in [0.4, 0.5) is 25.0 Å². The van der Waals surface area contributed by atoms with Gasteiger partial charge in [-0.15, -0.1) is 0 Å². The average Bonchev–Trinajstić information content (AvgIpc) is 2.57. The van der Waals surface area contributed by atoms with Gasteiger partial charge in [0.25, 0.3) is 0 Å². The summed E-state index contributed by atoms with van der Waals surface area (Å²) >= 11 is 0. The highest BCUT2D eigenvalue weighted by atomic mass is 32.2. The molecule has 134 valence electrons. The van der Waals surface area contributed by atoms with Gasteiger partial charge >= 0.3 is 6.03 Å². The minimum absolute atomic E-state index is 0.00189. The third-order valence-electron chi connectivity index (χ3n) is 3.29. The maximum absolute atomic E-state index is 13.8. The summed E-state index contributed by atoms with van der Waals surface area (Å²) in [7, 11) is -2.78. The van der Waals surface area contributed by atoms with Gasteiger partial charge in [-0.25, -0.2) is 22.0 Å². The number of ether oxygens (including phenoxy) is 1. The Bertz CT molecular complexity index is 901. The molecule has 2 amide bonds. The Hall–Kier alpha value is -2.68. The summed E-state index contributed by atoms with van der Waals surface area (Å²) in [6, 6.07) is 5.40. The number of hydrogen-bond acceptors (Lipinski definition) is 4. The van der Waals surface area contributed by atoms with Crippen LogP contribution in [-0.2, 0) is 9.84 Å². The summed E-state index contributed by atoms with van der Waals surface area (Å²) < 4.78 is 54.7. The van der Waals surface area contributed by atoms with Crippen molar-refractivity contribution in [2.45, 2.75) is 11.8 Å². The molecule has 25 heavy (non-hydrogen) atoms. The SMILES string of the molecule is COc1ccc(S(=O)(=O)CF)cc1NC(=O)Nc1ccc(C)cc1F. The number of sulfone groups is 1. The molecule has 2 rings (SSSR count). The van der Waals surface area contributed by atoms with Crippen LogP contribution in [0.15, 0.2) is 41.3 Å². The summed E-state index contributed by atoms with van der Waals surface area (Å²) in [5, 5.41) is 4.67. The molecule has 9 heteroatoms. The van der Waals surface area contributed by atoms with E-state index < -0.39 is 27.7 Å². The van der Waals surface area contributed by atoms with Crippen LogP contribution in [0, 0.1) is 12.7 Å². The molecule has 2 N–H and O–H groups in total. The number of carbonyl (C=O) groups is 1. The lowest BCUT2D eigenvalue weighted by molar-refractivity contribution is 0.262. The van der Waals surface area contributed by atoms with Gasteiger partial charge in [0.2, 0.25) is 9.84 Å². The van der Waals surface area contributed by atoms with E-state index >= 15 is 0 Å². The molecule has 2 aromatic rings. The summed E-state index contributed by atoms with van der Waals surface area (Å²) in [5.41, 5.74) is 0.644. The van der Waals surface area contributed by atoms with Crippen LogP contribution >= 0.6 is 0 Å². The zero-order valence-electron chi connectivity index (χ0n) is 13.5. The number of benzene rings is 2. The van der Waals surface area contributed by atoms with Crippen molar-refractivity contribution in [3.8, 4) is 5.75 Å². The molecule has 0 atom stereocenters. The number of hydrogen-bond donors (Lipinski definition) is 2. The molecule has 0 aliphatic carbocycles. The second-order valence-corrected chi connectivity index (χ2v) is 7.07. The number of methoxy groups -OCH3 is 1. The van der Waals surface area contributed by atoms with Crippen LogP contribution < -0.4 is 15.4 Å². The summed E-state index contributed by atoms with van der Waals surface area (Å²) in [4.78, 5) is 11.7. The average molecular weight is 370 g/mol. The molecule has 0 radical (unpaired) electrons. The van der Waals surface area contributed by atoms with Crippen LogP contribution in [0.25, 0.3) is 0 Å². The predicted molar refractivity (Wildman–Crippen MR) is 89.9 cm³/mol. The molecule has 0 heterocycles. The van der Waals surface area contributed by atoms with E-state index in [1.807, 2.05) is 0 Å². The van der Waals surface area contributed by atoms with Crippen molar-refractivity contribution in [2.24, 2.45) is 0 Å². The highest BCUT2D eigenvalue weighted by Gasteiger charge is 2.18. The lowest BCUT2D eigenvalue weighted by Gasteiger charge is -2.13. The van der Waals surface area contributed by atoms with Gasteiger partial charge in [-0.1, -0.05) is 6.07 Å². The van der Waals surface area contributed by atoms with E-state index in [4.69, 9.17) is 4.74 Å². The number of nitrogens with one attached hydrogen (secondary N) is 2. The molecular formula is C16H16F2N2O4S. The maximum Gasteiger partial charge on any atom is 0.323 e. The number of rotatable bonds is 5. The molecule has 0 saturated carbocycles. The van der Waals surface area contributed by atoms with Gasteiger partial charge in [0.05, 0.1) is 23.4 Å². The van der Waals surface area contributed by atoms with Gasteiger partial charge < -0.3 is 15.4 Å². The van der Waals surface area contributed by atoms with Gasteiger partial charge in [0.15, 0.2) is 6.01 Å². The Kier molecular flexibility index (Phi) is 5.58. The van der Waals surface area contributed by atoms with E-state index in [1.54, 1.807) is 13.0 Å². The zero-order chi connectivity index (χ0) is 18.6. The van der Waals surface area contributed by atoms with Crippen LogP contribution in [0.3, 0.4) is 0 Å². The predicted octanol–water partition coefficient (Wildman–Crippen LogP) is 3.49. The Balaban J connectivity index is 2.26. The second kappa shape index (κ2) is 7.47. The van der Waals surface area contributed by atoms with Crippen molar-refractivity contribution in [1.29, 1.82) is 0 Å². The van der Waals surface area contributed by atoms with Crippen LogP contribution in [0.5, 0.6) is 5.75 Å². The molecule has 2 aromatic carbocycles. The fraction of sp³-hybridized carbons (Fsp3) is 0.188. The van der Waals surface area contributed by atoms with Gasteiger partial charge in [0.1, 0.15) is 11.6 Å². The molecule has 0 bridgehead atoms. The topological polar surface area (TPSA) is 84.5 Å². The summed E-state index contributed by atoms with van der Waals surface area (Å²) in [5.74, 6) is -0.451. The number of alkyl halides is 1. The first-order valence-electron chi connectivity index (χ1n) is 7.07. The van der Waals surface area contributed by atoms with Crippen molar-refractivity contribution in [3.63, 3.8) is 0 Å². The third-order valence-corrected chi connectivity index (χ3v) is 4.55. The molecular weight excluding hydrogens is 354 g/mol. The van der Waals surface area contributed by atoms with Crippen molar-refractivity contribution in [1.82, 2.24) is 0 Å². The maximum atomic E-state index is 13.8. The highest BCUT2D eigenvalue weighted by molar-refractivity contribution is 7.91. The zero-order valence-corrected chi connectivity index (χ0v) is 14.3. The van der Waals surface area contributed by atoms with Gasteiger partial charge in [-0.2, -0.15) is 0 Å². The minimum atomic E-state index is -4.11. The van der Waals surface area contributed by atoms with Crippen molar-refractivity contribution >= 4 is 27.2 Å². The van der Waals surface area contributed by atoms with E-state index in [-0.39, 0.29) is 22.0 Å². The van der Waals surface area contributed by atoms with Gasteiger partial charge in [-0.3, -0.25) is 0 Å². The fourth-order valence-electron chi connectivity index (χ4n) is 2.04. The number of carbonyl (C=O) groups excluding carboxylic acids is 1. The van der Waals surface area contributed by atoms with Gasteiger partial charge in [0, 0.05) is 0 Å². The van der Waals surface area contributed by atoms with Gasteiger partial charge in [-0.05, 0) is 42.8 Å². The van der Waals surface area contributed by atoms with Crippen LogP contribution in [0.1, 0.15) is 5.56 Å². The lowest BCUT2D eigenvalue weighted by atomic mass is 10.2. The molecule has 0 aliphatic heterocycles. The Morgan fingerprint density at radius 2 is 1.80 bits per heavy atom. The molecule has 0 fully saturated rings. The van der Waals surface area contributed by atoms with E-state index in [2.05, 4.69) is 10.6 Å². The molecule has 0 aliphatic rings. The number of halogens is 2. The van der Waals surface area contributed by atoms with Crippen molar-refractivity contribution in [2.75, 3.05) is 23.7 Å². The first-order valence-corrected chi connectivity index (χ1v) is 8.73. The third kappa shape index (κ3) is 4.44. The quantitative estimate of drug-likeness (QED) is 0.844. The molecule has 0 unspecified atom stereocenters. The summed E-state index contributed by atoms with van der Waals surface area (Å²) in [6.45, 7) is 1.70. The molecule has 0 saturated heterocycles. The van der Waals surface area contributed by atoms with E-state index in [1.165, 1.54) is 25.3 Å². The normalized spacial score (nSPS) is 11.0. The number of amides is 2. The van der Waals surface area contributed by atoms with E-state index in [0.29, 0.717) is 5.56 Å². The highest BCUT2D eigenvalue weighted by Crippen LogP contribution is 2.28. The fourth-order valence-corrected chi connectivity index (χ4v) is 2.74. The minimum Gasteiger partial charge on any atom is -0.495 e. The smallest absolute Gasteiger partial charge is 0.323 e. The molecule has 6 nitrogen and oxygen atoms in total. The summed E-state index contributed by atoms with van der Waals surface area (Å²) in [6.07, 6.45) is 0. The van der Waals surface area contributed by atoms with E-state index in [0.717, 1.165) is 12.1 Å². The Morgan fingerprint density at radius 1 is 1.12 bits per heavy atom. The van der Waals surface area contributed by atoms with Crippen LogP contribution in [0.2, 0.25) is 0 Å². The Morgan fingerprint density at radius 3 is 2.40 bits per heavy atom. The lowest BCUT2D eigenvalue weighted by Crippen LogP contribution is -2.21. The standard InChI is InChI=1S/C16H16F2N2O4S/c1-10-3-5-13(12(18)7-10)19-16(21)20-14-8-11(25(22,23)9-17)4-6-15(14)24-2/h3-8H,9H2,1-2H3,(H2,19,20,21). The van der Waals surface area contributed by atoms with Crippen molar-refractivity contribution in [3.05, 3.63) is 47.8 Å². The molecule has 0 aromatic heterocycles. The second-order valence-electron chi connectivity index (χ2n) is 5.15.